The standard InChI is InChI=1S/C13H24O/c1-13(2,3)12-8-6-11(7-9-12)5-4-10-14/h4-5,11-12,14H,6-10H2,1-3H3/b5-4+. The van der Waals surface area contributed by atoms with Gasteiger partial charge in [0.2, 0.25) is 0 Å². The summed E-state index contributed by atoms with van der Waals surface area (Å²) in [5, 5.41) is 8.69. The lowest BCUT2D eigenvalue weighted by atomic mass is 9.70. The Kier molecular flexibility index (Phi) is 4.18. The van der Waals surface area contributed by atoms with Crippen LogP contribution in [0.2, 0.25) is 0 Å². The second-order valence-electron chi connectivity index (χ2n) is 5.59. The molecule has 0 spiro atoms. The van der Waals surface area contributed by atoms with Gasteiger partial charge >= 0.3 is 0 Å². The smallest absolute Gasteiger partial charge is 0.0612 e. The van der Waals surface area contributed by atoms with E-state index in [0.29, 0.717) is 5.41 Å². The predicted molar refractivity (Wildman–Crippen MR) is 61.1 cm³/mol. The lowest BCUT2D eigenvalue weighted by Crippen LogP contribution is -2.25. The summed E-state index contributed by atoms with van der Waals surface area (Å²) in [5.74, 6) is 1.61. The van der Waals surface area contributed by atoms with Crippen LogP contribution in [-0.2, 0) is 0 Å². The Morgan fingerprint density at radius 3 is 2.14 bits per heavy atom. The third-order valence-corrected chi connectivity index (χ3v) is 3.51. The van der Waals surface area contributed by atoms with Gasteiger partial charge in [-0.2, -0.15) is 0 Å². The molecule has 1 saturated carbocycles. The van der Waals surface area contributed by atoms with Gasteiger partial charge < -0.3 is 5.11 Å². The molecule has 0 unspecified atom stereocenters. The minimum atomic E-state index is 0.194. The van der Waals surface area contributed by atoms with Gasteiger partial charge in [0.25, 0.3) is 0 Å². The maximum Gasteiger partial charge on any atom is 0.0612 e. The van der Waals surface area contributed by atoms with Crippen molar-refractivity contribution in [3.8, 4) is 0 Å². The Hall–Kier alpha value is -0.300. The summed E-state index contributed by atoms with van der Waals surface area (Å²) in [6.45, 7) is 7.24. The molecule has 1 fully saturated rings. The lowest BCUT2D eigenvalue weighted by Gasteiger charge is -2.36. The number of hydrogen-bond acceptors (Lipinski definition) is 1. The normalized spacial score (nSPS) is 29.7. The van der Waals surface area contributed by atoms with E-state index in [9.17, 15) is 0 Å². The molecule has 14 heavy (non-hydrogen) atoms. The van der Waals surface area contributed by atoms with Crippen LogP contribution in [0, 0.1) is 17.3 Å². The van der Waals surface area contributed by atoms with Crippen LogP contribution in [-0.4, -0.2) is 11.7 Å². The quantitative estimate of drug-likeness (QED) is 0.671. The number of allylic oxidation sites excluding steroid dienone is 1. The van der Waals surface area contributed by atoms with Crippen molar-refractivity contribution in [2.45, 2.75) is 46.5 Å². The third-order valence-electron chi connectivity index (χ3n) is 3.51. The summed E-state index contributed by atoms with van der Waals surface area (Å²) in [6.07, 6.45) is 9.39. The molecule has 1 heteroatoms. The number of rotatable bonds is 2. The molecule has 0 aromatic carbocycles. The van der Waals surface area contributed by atoms with Gasteiger partial charge in [0.05, 0.1) is 6.61 Å². The van der Waals surface area contributed by atoms with Crippen molar-refractivity contribution in [2.75, 3.05) is 6.61 Å². The van der Waals surface area contributed by atoms with Crippen LogP contribution < -0.4 is 0 Å². The van der Waals surface area contributed by atoms with Gasteiger partial charge in [0.1, 0.15) is 0 Å². The van der Waals surface area contributed by atoms with Crippen molar-refractivity contribution in [2.24, 2.45) is 17.3 Å². The van der Waals surface area contributed by atoms with Crippen molar-refractivity contribution in [3.63, 3.8) is 0 Å². The van der Waals surface area contributed by atoms with Gasteiger partial charge in [-0.15, -0.1) is 0 Å². The Morgan fingerprint density at radius 2 is 1.71 bits per heavy atom. The molecule has 0 amide bonds. The average molecular weight is 196 g/mol. The molecule has 82 valence electrons. The second kappa shape index (κ2) is 4.97. The van der Waals surface area contributed by atoms with Crippen molar-refractivity contribution in [1.82, 2.24) is 0 Å². The Balaban J connectivity index is 2.35. The largest absolute Gasteiger partial charge is 0.392 e. The Morgan fingerprint density at radius 1 is 1.14 bits per heavy atom. The molecule has 0 bridgehead atoms. The van der Waals surface area contributed by atoms with Gasteiger partial charge in [0.15, 0.2) is 0 Å². The topological polar surface area (TPSA) is 20.2 Å². The first-order chi connectivity index (χ1) is 6.54. The highest BCUT2D eigenvalue weighted by Gasteiger charge is 2.28. The molecule has 0 radical (unpaired) electrons. The molecule has 0 aromatic rings. The highest BCUT2D eigenvalue weighted by molar-refractivity contribution is 4.92. The first kappa shape index (κ1) is 11.8. The molecule has 0 saturated heterocycles. The molecule has 1 aliphatic carbocycles. The summed E-state index contributed by atoms with van der Waals surface area (Å²) >= 11 is 0. The van der Waals surface area contributed by atoms with Crippen LogP contribution in [0.25, 0.3) is 0 Å². The lowest BCUT2D eigenvalue weighted by molar-refractivity contribution is 0.162. The molecule has 1 rings (SSSR count). The van der Waals surface area contributed by atoms with Crippen LogP contribution in [0.4, 0.5) is 0 Å². The third kappa shape index (κ3) is 3.45. The van der Waals surface area contributed by atoms with Crippen molar-refractivity contribution in [1.29, 1.82) is 0 Å². The molecular formula is C13H24O. The van der Waals surface area contributed by atoms with E-state index in [1.165, 1.54) is 25.7 Å². The zero-order valence-electron chi connectivity index (χ0n) is 9.79. The van der Waals surface area contributed by atoms with Gasteiger partial charge in [0, 0.05) is 0 Å². The van der Waals surface area contributed by atoms with Crippen LogP contribution in [0.15, 0.2) is 12.2 Å². The first-order valence-electron chi connectivity index (χ1n) is 5.81. The van der Waals surface area contributed by atoms with Crippen LogP contribution in [0.3, 0.4) is 0 Å². The number of hydrogen-bond donors (Lipinski definition) is 1. The summed E-state index contributed by atoms with van der Waals surface area (Å²) in [6, 6.07) is 0. The fourth-order valence-corrected chi connectivity index (χ4v) is 2.43. The van der Waals surface area contributed by atoms with Crippen molar-refractivity contribution >= 4 is 0 Å². The molecule has 1 nitrogen and oxygen atoms in total. The summed E-state index contributed by atoms with van der Waals surface area (Å²) in [7, 11) is 0. The van der Waals surface area contributed by atoms with Gasteiger partial charge in [-0.1, -0.05) is 32.9 Å². The van der Waals surface area contributed by atoms with Crippen LogP contribution in [0.5, 0.6) is 0 Å². The van der Waals surface area contributed by atoms with Gasteiger partial charge in [-0.05, 0) is 42.9 Å². The zero-order chi connectivity index (χ0) is 10.6. The molecule has 0 aromatic heterocycles. The highest BCUT2D eigenvalue weighted by atomic mass is 16.2. The van der Waals surface area contributed by atoms with Crippen molar-refractivity contribution in [3.05, 3.63) is 12.2 Å². The van der Waals surface area contributed by atoms with E-state index in [0.717, 1.165) is 11.8 Å². The Labute approximate surface area is 88.2 Å². The van der Waals surface area contributed by atoms with Crippen LogP contribution in [0.1, 0.15) is 46.5 Å². The molecular weight excluding hydrogens is 172 g/mol. The van der Waals surface area contributed by atoms with Gasteiger partial charge in [-0.25, -0.2) is 0 Å². The highest BCUT2D eigenvalue weighted by Crippen LogP contribution is 2.39. The predicted octanol–water partition coefficient (Wildman–Crippen LogP) is 3.39. The molecule has 1 N–H and O–H groups in total. The van der Waals surface area contributed by atoms with E-state index < -0.39 is 0 Å². The fraction of sp³-hybridized carbons (Fsp3) is 0.846. The van der Waals surface area contributed by atoms with Crippen molar-refractivity contribution < 1.29 is 5.11 Å². The minimum absolute atomic E-state index is 0.194. The molecule has 0 aliphatic heterocycles. The van der Waals surface area contributed by atoms with E-state index in [1.54, 1.807) is 0 Å². The molecule has 0 heterocycles. The van der Waals surface area contributed by atoms with E-state index in [1.807, 2.05) is 6.08 Å². The van der Waals surface area contributed by atoms with Gasteiger partial charge in [-0.3, -0.25) is 0 Å². The first-order valence-corrected chi connectivity index (χ1v) is 5.81. The summed E-state index contributed by atoms with van der Waals surface area (Å²) in [5.41, 5.74) is 0.478. The summed E-state index contributed by atoms with van der Waals surface area (Å²) in [4.78, 5) is 0. The minimum Gasteiger partial charge on any atom is -0.392 e. The SMILES string of the molecule is CC(C)(C)C1CCC(/C=C/CO)CC1. The monoisotopic (exact) mass is 196 g/mol. The maximum absolute atomic E-state index is 8.69. The van der Waals surface area contributed by atoms with E-state index >= 15 is 0 Å². The zero-order valence-corrected chi connectivity index (χ0v) is 9.79. The molecule has 0 atom stereocenters. The van der Waals surface area contributed by atoms with Crippen LogP contribution >= 0.6 is 0 Å². The molecule has 1 aliphatic rings. The maximum atomic E-state index is 8.69. The average Bonchev–Trinajstić information content (AvgIpc) is 2.14. The second-order valence-corrected chi connectivity index (χ2v) is 5.59. The fourth-order valence-electron chi connectivity index (χ4n) is 2.43. The number of aliphatic hydroxyl groups excluding tert-OH is 1. The summed E-state index contributed by atoms with van der Waals surface area (Å²) < 4.78 is 0. The van der Waals surface area contributed by atoms with E-state index in [-0.39, 0.29) is 6.61 Å². The van der Waals surface area contributed by atoms with E-state index in [2.05, 4.69) is 26.8 Å². The van der Waals surface area contributed by atoms with E-state index in [4.69, 9.17) is 5.11 Å². The Bertz CT molecular complexity index is 180. The number of aliphatic hydroxyl groups is 1.